The molecule has 0 amide bonds. The van der Waals surface area contributed by atoms with Gasteiger partial charge in [0.2, 0.25) is 0 Å². The Kier molecular flexibility index (Phi) is 3.60. The highest BCUT2D eigenvalue weighted by atomic mass is 35.5. The van der Waals surface area contributed by atoms with Gasteiger partial charge in [-0.15, -0.1) is 11.8 Å². The fraction of sp³-hybridized carbons (Fsp3) is 0.294. The maximum atomic E-state index is 6.22. The van der Waals surface area contributed by atoms with Crippen molar-refractivity contribution < 1.29 is 0 Å². The molecule has 1 aliphatic rings. The maximum Gasteiger partial charge on any atom is 0.0409 e. The van der Waals surface area contributed by atoms with Crippen LogP contribution in [-0.2, 0) is 5.75 Å². The summed E-state index contributed by atoms with van der Waals surface area (Å²) in [6.07, 6.45) is 0. The summed E-state index contributed by atoms with van der Waals surface area (Å²) in [5.41, 5.74) is 4.31. The fourth-order valence-corrected chi connectivity index (χ4v) is 4.18. The number of hydrogen-bond donors (Lipinski definition) is 0. The van der Waals surface area contributed by atoms with E-state index in [1.165, 1.54) is 21.6 Å². The Morgan fingerprint density at radius 3 is 2.68 bits per heavy atom. The number of thioether (sulfide) groups is 1. The molecular weight excluding hydrogens is 272 g/mol. The summed E-state index contributed by atoms with van der Waals surface area (Å²) in [7, 11) is 0. The summed E-state index contributed by atoms with van der Waals surface area (Å²) in [6.45, 7) is 4.59. The molecule has 98 valence electrons. The van der Waals surface area contributed by atoms with Gasteiger partial charge in [0.1, 0.15) is 0 Å². The molecule has 19 heavy (non-hydrogen) atoms. The summed E-state index contributed by atoms with van der Waals surface area (Å²) in [6, 6.07) is 15.1. The molecule has 0 saturated carbocycles. The minimum Gasteiger partial charge on any atom is -0.121 e. The van der Waals surface area contributed by atoms with Crippen molar-refractivity contribution in [2.24, 2.45) is 5.92 Å². The summed E-state index contributed by atoms with van der Waals surface area (Å²) in [5, 5.41) is 0.837. The van der Waals surface area contributed by atoms with E-state index in [9.17, 15) is 0 Å². The molecule has 0 saturated heterocycles. The van der Waals surface area contributed by atoms with Crippen LogP contribution >= 0.6 is 23.4 Å². The van der Waals surface area contributed by atoms with Crippen molar-refractivity contribution in [2.75, 3.05) is 0 Å². The number of benzene rings is 2. The molecule has 0 fully saturated rings. The molecule has 0 N–H and O–H groups in total. The molecule has 2 heteroatoms. The Morgan fingerprint density at radius 2 is 1.89 bits per heavy atom. The minimum atomic E-state index is 0.444. The van der Waals surface area contributed by atoms with Crippen molar-refractivity contribution in [3.05, 3.63) is 64.2 Å². The molecule has 0 aromatic heterocycles. The summed E-state index contributed by atoms with van der Waals surface area (Å²) in [4.78, 5) is 1.37. The topological polar surface area (TPSA) is 0 Å². The molecule has 0 spiro atoms. The van der Waals surface area contributed by atoms with E-state index < -0.39 is 0 Å². The Balaban J connectivity index is 2.23. The predicted molar refractivity (Wildman–Crippen MR) is 84.1 cm³/mol. The van der Waals surface area contributed by atoms with Crippen molar-refractivity contribution in [2.45, 2.75) is 30.4 Å². The van der Waals surface area contributed by atoms with Crippen LogP contribution in [0.15, 0.2) is 47.4 Å². The standard InChI is InChI=1S/C17H17ClS/c1-11(2)17-14-6-4-3-5-12(14)10-19-16-8-7-13(18)9-15(16)17/h3-9,11,17H,10H2,1-2H3. The second-order valence-corrected chi connectivity index (χ2v) is 6.84. The van der Waals surface area contributed by atoms with Crippen molar-refractivity contribution in [1.82, 2.24) is 0 Å². The van der Waals surface area contributed by atoms with Crippen LogP contribution in [0.4, 0.5) is 0 Å². The largest absolute Gasteiger partial charge is 0.121 e. The number of hydrogen-bond acceptors (Lipinski definition) is 1. The van der Waals surface area contributed by atoms with Crippen LogP contribution in [-0.4, -0.2) is 0 Å². The van der Waals surface area contributed by atoms with Gasteiger partial charge in [0.05, 0.1) is 0 Å². The lowest BCUT2D eigenvalue weighted by Crippen LogP contribution is -2.10. The zero-order valence-electron chi connectivity index (χ0n) is 11.2. The second kappa shape index (κ2) is 5.22. The van der Waals surface area contributed by atoms with Crippen molar-refractivity contribution in [1.29, 1.82) is 0 Å². The molecular formula is C17H17ClS. The van der Waals surface area contributed by atoms with Crippen LogP contribution < -0.4 is 0 Å². The predicted octanol–water partition coefficient (Wildman–Crippen LogP) is 5.73. The smallest absolute Gasteiger partial charge is 0.0409 e. The lowest BCUT2D eigenvalue weighted by atomic mass is 9.81. The molecule has 1 atom stereocenters. The lowest BCUT2D eigenvalue weighted by Gasteiger charge is -2.23. The van der Waals surface area contributed by atoms with Gasteiger partial charge in [0.25, 0.3) is 0 Å². The van der Waals surface area contributed by atoms with E-state index in [-0.39, 0.29) is 0 Å². The fourth-order valence-electron chi connectivity index (χ4n) is 2.90. The summed E-state index contributed by atoms with van der Waals surface area (Å²) in [5.74, 6) is 2.06. The normalized spacial score (nSPS) is 17.8. The van der Waals surface area contributed by atoms with Crippen molar-refractivity contribution in [3.63, 3.8) is 0 Å². The van der Waals surface area contributed by atoms with E-state index >= 15 is 0 Å². The van der Waals surface area contributed by atoms with Gasteiger partial charge >= 0.3 is 0 Å². The Morgan fingerprint density at radius 1 is 1.11 bits per heavy atom. The molecule has 0 bridgehead atoms. The molecule has 2 aromatic rings. The second-order valence-electron chi connectivity index (χ2n) is 5.39. The highest BCUT2D eigenvalue weighted by molar-refractivity contribution is 7.98. The summed E-state index contributed by atoms with van der Waals surface area (Å²) >= 11 is 8.14. The monoisotopic (exact) mass is 288 g/mol. The van der Waals surface area contributed by atoms with Gasteiger partial charge in [-0.25, -0.2) is 0 Å². The first-order valence-electron chi connectivity index (χ1n) is 6.67. The Bertz CT molecular complexity index is 604. The zero-order chi connectivity index (χ0) is 13.4. The average Bonchev–Trinajstić information content (AvgIpc) is 2.54. The minimum absolute atomic E-state index is 0.444. The van der Waals surface area contributed by atoms with E-state index in [0.29, 0.717) is 11.8 Å². The number of fused-ring (bicyclic) bond motifs is 2. The maximum absolute atomic E-state index is 6.22. The van der Waals surface area contributed by atoms with Gasteiger partial charge in [-0.05, 0) is 40.8 Å². The molecule has 1 aliphatic heterocycles. The van der Waals surface area contributed by atoms with E-state index in [1.807, 2.05) is 17.8 Å². The van der Waals surface area contributed by atoms with Gasteiger partial charge in [0.15, 0.2) is 0 Å². The zero-order valence-corrected chi connectivity index (χ0v) is 12.8. The SMILES string of the molecule is CC(C)C1c2ccccc2CSc2ccc(Cl)cc21. The lowest BCUT2D eigenvalue weighted by molar-refractivity contribution is 0.556. The van der Waals surface area contributed by atoms with Gasteiger partial charge in [-0.1, -0.05) is 49.7 Å². The van der Waals surface area contributed by atoms with E-state index in [4.69, 9.17) is 11.6 Å². The van der Waals surface area contributed by atoms with Gasteiger partial charge in [0, 0.05) is 21.6 Å². The van der Waals surface area contributed by atoms with Gasteiger partial charge < -0.3 is 0 Å². The molecule has 1 unspecified atom stereocenters. The molecule has 0 aliphatic carbocycles. The van der Waals surface area contributed by atoms with Crippen LogP contribution in [0.3, 0.4) is 0 Å². The number of halogens is 1. The van der Waals surface area contributed by atoms with Crippen molar-refractivity contribution >= 4 is 23.4 Å². The quantitative estimate of drug-likeness (QED) is 0.645. The third-order valence-electron chi connectivity index (χ3n) is 3.75. The van der Waals surface area contributed by atoms with E-state index in [1.54, 1.807) is 0 Å². The first kappa shape index (κ1) is 13.1. The van der Waals surface area contributed by atoms with Crippen LogP contribution in [0.2, 0.25) is 5.02 Å². The highest BCUT2D eigenvalue weighted by Crippen LogP contribution is 2.44. The molecule has 0 radical (unpaired) electrons. The van der Waals surface area contributed by atoms with Gasteiger partial charge in [-0.3, -0.25) is 0 Å². The molecule has 0 nitrogen and oxygen atoms in total. The van der Waals surface area contributed by atoms with Crippen LogP contribution in [0.1, 0.15) is 36.5 Å². The Hall–Kier alpha value is -0.920. The van der Waals surface area contributed by atoms with Crippen molar-refractivity contribution in [3.8, 4) is 0 Å². The van der Waals surface area contributed by atoms with Crippen LogP contribution in [0.25, 0.3) is 0 Å². The first-order valence-corrected chi connectivity index (χ1v) is 8.03. The highest BCUT2D eigenvalue weighted by Gasteiger charge is 2.26. The molecule has 3 rings (SSSR count). The third kappa shape index (κ3) is 2.42. The molecule has 1 heterocycles. The summed E-state index contributed by atoms with van der Waals surface area (Å²) < 4.78 is 0. The number of rotatable bonds is 1. The Labute approximate surface area is 124 Å². The van der Waals surface area contributed by atoms with E-state index in [0.717, 1.165) is 10.8 Å². The van der Waals surface area contributed by atoms with Crippen LogP contribution in [0, 0.1) is 5.92 Å². The average molecular weight is 289 g/mol. The van der Waals surface area contributed by atoms with Gasteiger partial charge in [-0.2, -0.15) is 0 Å². The van der Waals surface area contributed by atoms with E-state index in [2.05, 4.69) is 50.2 Å². The first-order chi connectivity index (χ1) is 9.16. The third-order valence-corrected chi connectivity index (χ3v) is 5.12. The van der Waals surface area contributed by atoms with Crippen LogP contribution in [0.5, 0.6) is 0 Å². The molecule has 2 aromatic carbocycles.